The minimum absolute atomic E-state index is 0. The van der Waals surface area contributed by atoms with Crippen LogP contribution in [0, 0.1) is 10.1 Å². The second-order valence-corrected chi connectivity index (χ2v) is 2.91. The Kier molecular flexibility index (Phi) is 7.84. The molecule has 0 bridgehead atoms. The van der Waals surface area contributed by atoms with Crippen LogP contribution in [0.1, 0.15) is 5.56 Å². The summed E-state index contributed by atoms with van der Waals surface area (Å²) in [5, 5.41) is 19.0. The largest absolute Gasteiger partial charge is 1.00 e. The van der Waals surface area contributed by atoms with Crippen LogP contribution in [0.25, 0.3) is 10.9 Å². The number of aliphatic hydroxyl groups is 1. The summed E-state index contributed by atoms with van der Waals surface area (Å²) < 4.78 is 0. The van der Waals surface area contributed by atoms with Crippen LogP contribution in [0.15, 0.2) is 35.8 Å². The Morgan fingerprint density at radius 2 is 2.00 bits per heavy atom. The van der Waals surface area contributed by atoms with E-state index >= 15 is 0 Å². The zero-order chi connectivity index (χ0) is 11.1. The maximum Gasteiger partial charge on any atom is 1.00 e. The van der Waals surface area contributed by atoms with E-state index in [1.54, 1.807) is 0 Å². The van der Waals surface area contributed by atoms with Gasteiger partial charge in [-0.05, 0) is 18.1 Å². The summed E-state index contributed by atoms with van der Waals surface area (Å²) in [5.74, 6) is 0. The van der Waals surface area contributed by atoms with E-state index in [1.807, 2.05) is 24.4 Å². The summed E-state index contributed by atoms with van der Waals surface area (Å²) in [6.07, 6.45) is 2.69. The minimum Gasteiger partial charge on any atom is -0.444 e. The molecule has 2 rings (SSSR count). The third-order valence-corrected chi connectivity index (χ3v) is 2.06. The van der Waals surface area contributed by atoms with Gasteiger partial charge in [0.1, 0.15) is 0 Å². The molecule has 0 radical (unpaired) electrons. The summed E-state index contributed by atoms with van der Waals surface area (Å²) >= 11 is 0. The van der Waals surface area contributed by atoms with Crippen LogP contribution >= 0.6 is 0 Å². The number of H-pyrrole nitrogens is 1. The molecular weight excluding hydrogens is 219 g/mol. The SMILES string of the molecule is O=N[O-].OCCc1c[nH]c2ccccc12.[Na+]. The molecule has 0 unspecified atom stereocenters. The second-order valence-electron chi connectivity index (χ2n) is 2.91. The van der Waals surface area contributed by atoms with Crippen molar-refractivity contribution in [1.82, 2.24) is 4.98 Å². The smallest absolute Gasteiger partial charge is 0.444 e. The molecule has 6 heteroatoms. The van der Waals surface area contributed by atoms with Crippen LogP contribution in [0.4, 0.5) is 0 Å². The Bertz CT molecular complexity index is 431. The molecule has 0 spiro atoms. The van der Waals surface area contributed by atoms with Gasteiger partial charge in [-0.1, -0.05) is 18.2 Å². The first-order valence-electron chi connectivity index (χ1n) is 4.44. The standard InChI is InChI=1S/C10H11NO.HNO2.Na/c12-6-5-8-7-11-10-4-2-1-3-9(8)10;2-1-3;/h1-4,7,11-12H,5-6H2;(H,2,3);/q;;+1/p-1. The first-order chi connectivity index (χ1) is 7.33. The van der Waals surface area contributed by atoms with Crippen molar-refractivity contribution in [2.24, 2.45) is 5.34 Å². The van der Waals surface area contributed by atoms with E-state index < -0.39 is 0 Å². The molecule has 0 saturated carbocycles. The van der Waals surface area contributed by atoms with Crippen molar-refractivity contribution in [2.75, 3.05) is 6.61 Å². The van der Waals surface area contributed by atoms with E-state index in [4.69, 9.17) is 15.2 Å². The van der Waals surface area contributed by atoms with Gasteiger partial charge in [-0.2, -0.15) is 0 Å². The van der Waals surface area contributed by atoms with Gasteiger partial charge < -0.3 is 20.2 Å². The Hall–Kier alpha value is -0.880. The van der Waals surface area contributed by atoms with Gasteiger partial charge in [0, 0.05) is 23.7 Å². The quantitative estimate of drug-likeness (QED) is 0.392. The molecular formula is C10H11N2NaO3. The number of hydrogen-bond acceptors (Lipinski definition) is 4. The average Bonchev–Trinajstić information content (AvgIpc) is 2.64. The zero-order valence-electron chi connectivity index (χ0n) is 9.01. The maximum atomic E-state index is 8.78. The summed E-state index contributed by atoms with van der Waals surface area (Å²) in [5.41, 5.74) is 2.33. The van der Waals surface area contributed by atoms with E-state index in [2.05, 4.69) is 11.1 Å². The molecule has 80 valence electrons. The van der Waals surface area contributed by atoms with Crippen molar-refractivity contribution < 1.29 is 34.7 Å². The number of para-hydroxylation sites is 1. The monoisotopic (exact) mass is 230 g/mol. The minimum atomic E-state index is 0. The second kappa shape index (κ2) is 8.29. The molecule has 0 aliphatic rings. The predicted octanol–water partition coefficient (Wildman–Crippen LogP) is -1.04. The van der Waals surface area contributed by atoms with Crippen molar-refractivity contribution in [3.8, 4) is 0 Å². The number of aliphatic hydroxyl groups excluding tert-OH is 1. The summed E-state index contributed by atoms with van der Waals surface area (Å²) in [6, 6.07) is 8.12. The Labute approximate surface area is 115 Å². The molecule has 2 N–H and O–H groups in total. The molecule has 0 amide bonds. The van der Waals surface area contributed by atoms with Crippen molar-refractivity contribution in [3.05, 3.63) is 46.1 Å². The van der Waals surface area contributed by atoms with Crippen molar-refractivity contribution in [1.29, 1.82) is 0 Å². The number of hydrogen-bond donors (Lipinski definition) is 2. The van der Waals surface area contributed by atoms with Crippen molar-refractivity contribution in [2.45, 2.75) is 6.42 Å². The van der Waals surface area contributed by atoms with Gasteiger partial charge in [0.05, 0.1) is 0 Å². The first kappa shape index (κ1) is 15.1. The van der Waals surface area contributed by atoms with Gasteiger partial charge in [0.25, 0.3) is 0 Å². The summed E-state index contributed by atoms with van der Waals surface area (Å²) in [4.78, 5) is 11.2. The van der Waals surface area contributed by atoms with Crippen LogP contribution in [0.3, 0.4) is 0 Å². The molecule has 2 aromatic rings. The van der Waals surface area contributed by atoms with Crippen LogP contribution in [-0.2, 0) is 6.42 Å². The Morgan fingerprint density at radius 1 is 1.38 bits per heavy atom. The van der Waals surface area contributed by atoms with E-state index in [9.17, 15) is 0 Å². The number of aromatic amines is 1. The van der Waals surface area contributed by atoms with Gasteiger partial charge >= 0.3 is 29.6 Å². The summed E-state index contributed by atoms with van der Waals surface area (Å²) in [6.45, 7) is 0.210. The first-order valence-corrected chi connectivity index (χ1v) is 4.44. The number of fused-ring (bicyclic) bond motifs is 1. The van der Waals surface area contributed by atoms with Gasteiger partial charge in [0.2, 0.25) is 0 Å². The number of aromatic nitrogens is 1. The normalized spacial score (nSPS) is 8.81. The molecule has 0 fully saturated rings. The summed E-state index contributed by atoms with van der Waals surface area (Å²) in [7, 11) is 0. The molecule has 5 nitrogen and oxygen atoms in total. The number of rotatable bonds is 2. The maximum absolute atomic E-state index is 8.78. The van der Waals surface area contributed by atoms with Crippen LogP contribution in [0.5, 0.6) is 0 Å². The van der Waals surface area contributed by atoms with E-state index in [1.165, 1.54) is 10.9 Å². The fourth-order valence-electron chi connectivity index (χ4n) is 1.46. The predicted molar refractivity (Wildman–Crippen MR) is 58.3 cm³/mol. The fraction of sp³-hybridized carbons (Fsp3) is 0.200. The molecule has 1 aromatic heterocycles. The Balaban J connectivity index is 0.000000511. The van der Waals surface area contributed by atoms with E-state index in [0.29, 0.717) is 0 Å². The molecule has 0 aliphatic heterocycles. The Morgan fingerprint density at radius 3 is 2.62 bits per heavy atom. The molecule has 0 aliphatic carbocycles. The fourth-order valence-corrected chi connectivity index (χ4v) is 1.46. The topological polar surface area (TPSA) is 88.5 Å². The van der Waals surface area contributed by atoms with E-state index in [-0.39, 0.29) is 36.2 Å². The van der Waals surface area contributed by atoms with E-state index in [0.717, 1.165) is 17.3 Å². The van der Waals surface area contributed by atoms with Gasteiger partial charge in [-0.15, -0.1) is 5.34 Å². The zero-order valence-corrected chi connectivity index (χ0v) is 11.0. The van der Waals surface area contributed by atoms with Crippen molar-refractivity contribution in [3.63, 3.8) is 0 Å². The van der Waals surface area contributed by atoms with Gasteiger partial charge in [-0.25, -0.2) is 0 Å². The number of nitrogens with one attached hydrogen (secondary N) is 1. The van der Waals surface area contributed by atoms with Crippen LogP contribution < -0.4 is 29.6 Å². The third-order valence-electron chi connectivity index (χ3n) is 2.06. The van der Waals surface area contributed by atoms with Crippen LogP contribution in [0.2, 0.25) is 0 Å². The molecule has 16 heavy (non-hydrogen) atoms. The molecule has 1 heterocycles. The van der Waals surface area contributed by atoms with Gasteiger partial charge in [0.15, 0.2) is 0 Å². The van der Waals surface area contributed by atoms with Gasteiger partial charge in [-0.3, -0.25) is 0 Å². The molecule has 0 saturated heterocycles. The number of benzene rings is 1. The van der Waals surface area contributed by atoms with Crippen LogP contribution in [-0.4, -0.2) is 16.7 Å². The molecule has 0 atom stereocenters. The van der Waals surface area contributed by atoms with Crippen molar-refractivity contribution >= 4 is 10.9 Å². The molecule has 1 aromatic carbocycles. The average molecular weight is 230 g/mol. The third kappa shape index (κ3) is 3.94. The number of nitrogens with zero attached hydrogens (tertiary/aromatic N) is 1.